The minimum Gasteiger partial charge on any atom is -0.394 e. The number of carbonyl (C=O) groups excluding carboxylic acids is 1. The summed E-state index contributed by atoms with van der Waals surface area (Å²) in [5.41, 5.74) is 5.91. The van der Waals surface area contributed by atoms with Crippen molar-refractivity contribution in [3.8, 4) is 0 Å². The first-order chi connectivity index (χ1) is 9.93. The molecule has 1 aliphatic rings. The molecule has 3 N–H and O–H groups in total. The molecule has 1 saturated heterocycles. The van der Waals surface area contributed by atoms with Gasteiger partial charge in [0.2, 0.25) is 0 Å². The molecule has 0 bridgehead atoms. The van der Waals surface area contributed by atoms with Crippen molar-refractivity contribution in [2.24, 2.45) is 0 Å². The lowest BCUT2D eigenvalue weighted by Crippen LogP contribution is -2.44. The zero-order valence-corrected chi connectivity index (χ0v) is 13.6. The highest BCUT2D eigenvalue weighted by atomic mass is 32.1. The Morgan fingerprint density at radius 2 is 2.10 bits per heavy atom. The molecule has 118 valence electrons. The fourth-order valence-electron chi connectivity index (χ4n) is 2.09. The molecular weight excluding hydrogens is 290 g/mol. The second-order valence-electron chi connectivity index (χ2n) is 5.45. The highest BCUT2D eigenvalue weighted by Gasteiger charge is 2.25. The number of anilines is 2. The lowest BCUT2D eigenvalue weighted by molar-refractivity contribution is 0.0688. The maximum Gasteiger partial charge on any atom is 0.267 e. The Bertz CT molecular complexity index is 499. The van der Waals surface area contributed by atoms with Crippen molar-refractivity contribution in [1.82, 2.24) is 14.8 Å². The van der Waals surface area contributed by atoms with Crippen LogP contribution in [0, 0.1) is 0 Å². The molecule has 0 aromatic carbocycles. The first-order valence-corrected chi connectivity index (χ1v) is 7.83. The molecule has 0 spiro atoms. The van der Waals surface area contributed by atoms with Gasteiger partial charge in [0.15, 0.2) is 5.13 Å². The van der Waals surface area contributed by atoms with E-state index in [-0.39, 0.29) is 24.4 Å². The third kappa shape index (κ3) is 3.45. The van der Waals surface area contributed by atoms with Crippen LogP contribution < -0.4 is 10.6 Å². The smallest absolute Gasteiger partial charge is 0.267 e. The topological polar surface area (TPSA) is 85.9 Å². The molecule has 1 unspecified atom stereocenters. The molecule has 8 heteroatoms. The summed E-state index contributed by atoms with van der Waals surface area (Å²) in [5.74, 6) is 0.0860. The van der Waals surface area contributed by atoms with E-state index in [4.69, 9.17) is 10.8 Å². The van der Waals surface area contributed by atoms with Crippen LogP contribution in [0.1, 0.15) is 16.6 Å². The fourth-order valence-corrected chi connectivity index (χ4v) is 3.11. The van der Waals surface area contributed by atoms with Gasteiger partial charge in [-0.05, 0) is 14.0 Å². The van der Waals surface area contributed by atoms with Crippen LogP contribution >= 0.6 is 11.3 Å². The lowest BCUT2D eigenvalue weighted by atomic mass is 10.3. The molecule has 21 heavy (non-hydrogen) atoms. The number of piperazine rings is 1. The van der Waals surface area contributed by atoms with Crippen molar-refractivity contribution in [1.29, 1.82) is 0 Å². The maximum atomic E-state index is 12.4. The highest BCUT2D eigenvalue weighted by molar-refractivity contribution is 7.18. The van der Waals surface area contributed by atoms with Gasteiger partial charge in [-0.3, -0.25) is 4.79 Å². The quantitative estimate of drug-likeness (QED) is 0.809. The molecule has 0 radical (unpaired) electrons. The molecule has 1 aliphatic heterocycles. The SMILES string of the molecule is CC(CO)N(C)C(=O)c1sc(N2CCN(C)CC2)nc1N. The number of aliphatic hydroxyl groups is 1. The van der Waals surface area contributed by atoms with Crippen molar-refractivity contribution in [2.45, 2.75) is 13.0 Å². The third-order valence-electron chi connectivity index (χ3n) is 3.86. The zero-order chi connectivity index (χ0) is 15.6. The molecule has 1 aromatic heterocycles. The van der Waals surface area contributed by atoms with E-state index >= 15 is 0 Å². The summed E-state index contributed by atoms with van der Waals surface area (Å²) in [7, 11) is 3.76. The number of amides is 1. The summed E-state index contributed by atoms with van der Waals surface area (Å²) in [5, 5.41) is 9.95. The van der Waals surface area contributed by atoms with E-state index in [1.165, 1.54) is 16.2 Å². The van der Waals surface area contributed by atoms with Crippen LogP contribution in [0.4, 0.5) is 10.9 Å². The van der Waals surface area contributed by atoms with Gasteiger partial charge in [-0.2, -0.15) is 0 Å². The number of rotatable bonds is 4. The number of hydrogen-bond donors (Lipinski definition) is 2. The van der Waals surface area contributed by atoms with Crippen LogP contribution in [0.15, 0.2) is 0 Å². The number of nitrogen functional groups attached to an aromatic ring is 1. The van der Waals surface area contributed by atoms with Crippen molar-refractivity contribution in [2.75, 3.05) is 57.5 Å². The number of thiazole rings is 1. The second-order valence-corrected chi connectivity index (χ2v) is 6.43. The summed E-state index contributed by atoms with van der Waals surface area (Å²) in [6.07, 6.45) is 0. The van der Waals surface area contributed by atoms with Crippen LogP contribution in [0.25, 0.3) is 0 Å². The normalized spacial score (nSPS) is 17.8. The van der Waals surface area contributed by atoms with E-state index in [1.807, 2.05) is 0 Å². The number of carbonyl (C=O) groups is 1. The number of hydrogen-bond acceptors (Lipinski definition) is 7. The van der Waals surface area contributed by atoms with Crippen LogP contribution in [-0.4, -0.2) is 78.7 Å². The zero-order valence-electron chi connectivity index (χ0n) is 12.7. The lowest BCUT2D eigenvalue weighted by Gasteiger charge is -2.32. The van der Waals surface area contributed by atoms with Gasteiger partial charge in [0.1, 0.15) is 10.7 Å². The van der Waals surface area contributed by atoms with E-state index in [1.54, 1.807) is 14.0 Å². The summed E-state index contributed by atoms with van der Waals surface area (Å²) in [6.45, 7) is 5.44. The van der Waals surface area contributed by atoms with E-state index in [9.17, 15) is 4.79 Å². The van der Waals surface area contributed by atoms with Crippen LogP contribution in [-0.2, 0) is 0 Å². The van der Waals surface area contributed by atoms with Crippen molar-refractivity contribution in [3.63, 3.8) is 0 Å². The molecule has 1 atom stereocenters. The predicted octanol–water partition coefficient (Wildman–Crippen LogP) is -0.0701. The predicted molar refractivity (Wildman–Crippen MR) is 84.9 cm³/mol. The summed E-state index contributed by atoms with van der Waals surface area (Å²) < 4.78 is 0. The van der Waals surface area contributed by atoms with Crippen LogP contribution in [0.2, 0.25) is 0 Å². The molecule has 0 saturated carbocycles. The Morgan fingerprint density at radius 1 is 1.48 bits per heavy atom. The number of nitrogens with two attached hydrogens (primary N) is 1. The van der Waals surface area contributed by atoms with Gasteiger partial charge in [0.05, 0.1) is 12.6 Å². The van der Waals surface area contributed by atoms with Gasteiger partial charge in [-0.15, -0.1) is 0 Å². The van der Waals surface area contributed by atoms with Crippen molar-refractivity contribution < 1.29 is 9.90 Å². The van der Waals surface area contributed by atoms with Gasteiger partial charge in [-0.25, -0.2) is 4.98 Å². The first kappa shape index (κ1) is 16.0. The first-order valence-electron chi connectivity index (χ1n) is 7.01. The molecule has 1 fully saturated rings. The number of aliphatic hydroxyl groups excluding tert-OH is 1. The van der Waals surface area contributed by atoms with Gasteiger partial charge in [0.25, 0.3) is 5.91 Å². The van der Waals surface area contributed by atoms with E-state index in [2.05, 4.69) is 21.8 Å². The van der Waals surface area contributed by atoms with Crippen LogP contribution in [0.5, 0.6) is 0 Å². The highest BCUT2D eigenvalue weighted by Crippen LogP contribution is 2.29. The average Bonchev–Trinajstić information content (AvgIpc) is 2.87. The monoisotopic (exact) mass is 313 g/mol. The van der Waals surface area contributed by atoms with Gasteiger partial charge in [-0.1, -0.05) is 11.3 Å². The average molecular weight is 313 g/mol. The standard InChI is InChI=1S/C13H23N5O2S/c1-9(8-19)17(3)12(20)10-11(14)15-13(21-10)18-6-4-16(2)5-7-18/h9,19H,4-8,14H2,1-3H3. The van der Waals surface area contributed by atoms with Gasteiger partial charge < -0.3 is 25.5 Å². The second kappa shape index (κ2) is 6.59. The Morgan fingerprint density at radius 3 is 2.67 bits per heavy atom. The largest absolute Gasteiger partial charge is 0.394 e. The minimum absolute atomic E-state index is 0.0771. The fraction of sp³-hybridized carbons (Fsp3) is 0.692. The van der Waals surface area contributed by atoms with Crippen molar-refractivity contribution in [3.05, 3.63) is 4.88 Å². The molecule has 1 amide bonds. The Balaban J connectivity index is 2.13. The van der Waals surface area contributed by atoms with Crippen LogP contribution in [0.3, 0.4) is 0 Å². The Kier molecular flexibility index (Phi) is 5.02. The molecule has 1 aromatic rings. The minimum atomic E-state index is -0.244. The summed E-state index contributed by atoms with van der Waals surface area (Å²) in [6, 6.07) is -0.244. The van der Waals surface area contributed by atoms with E-state index in [0.717, 1.165) is 31.3 Å². The van der Waals surface area contributed by atoms with Gasteiger partial charge >= 0.3 is 0 Å². The maximum absolute atomic E-state index is 12.4. The number of aromatic nitrogens is 1. The number of nitrogens with zero attached hydrogens (tertiary/aromatic N) is 4. The van der Waals surface area contributed by atoms with Gasteiger partial charge in [0, 0.05) is 33.2 Å². The Labute approximate surface area is 129 Å². The third-order valence-corrected chi connectivity index (χ3v) is 4.98. The summed E-state index contributed by atoms with van der Waals surface area (Å²) >= 11 is 1.33. The number of likely N-dealkylation sites (N-methyl/N-ethyl adjacent to an activating group) is 2. The summed E-state index contributed by atoms with van der Waals surface area (Å²) in [4.78, 5) is 23.1. The molecule has 2 rings (SSSR count). The molecule has 7 nitrogen and oxygen atoms in total. The molecular formula is C13H23N5O2S. The van der Waals surface area contributed by atoms with E-state index in [0.29, 0.717) is 4.88 Å². The molecule has 0 aliphatic carbocycles. The van der Waals surface area contributed by atoms with Crippen molar-refractivity contribution >= 4 is 28.2 Å². The molecule has 2 heterocycles. The van der Waals surface area contributed by atoms with E-state index < -0.39 is 0 Å². The Hall–Kier alpha value is -1.38.